The lowest BCUT2D eigenvalue weighted by molar-refractivity contribution is 0.0862. The molecule has 194 valence electrons. The SMILES string of the molecule is COc1cc(C)c(Sc2cnc(NC(=O)c3ccc(OC4CCC(C5CCC5)CC4)cc3)s2)cc1C=O. The van der Waals surface area contributed by atoms with E-state index in [1.807, 2.05) is 31.2 Å². The number of ether oxygens (including phenoxy) is 2. The molecule has 2 fully saturated rings. The van der Waals surface area contributed by atoms with Gasteiger partial charge in [0.25, 0.3) is 5.91 Å². The summed E-state index contributed by atoms with van der Waals surface area (Å²) in [6, 6.07) is 11.0. The van der Waals surface area contributed by atoms with Gasteiger partial charge in [-0.2, -0.15) is 0 Å². The third-order valence-electron chi connectivity index (χ3n) is 7.52. The molecule has 2 aromatic carbocycles. The van der Waals surface area contributed by atoms with Crippen molar-refractivity contribution in [3.8, 4) is 11.5 Å². The molecule has 0 unspecified atom stereocenters. The highest BCUT2D eigenvalue weighted by molar-refractivity contribution is 8.01. The molecular formula is C29H32N2O4S2. The normalized spacial score (nSPS) is 19.6. The fourth-order valence-electron chi connectivity index (χ4n) is 5.16. The second kappa shape index (κ2) is 11.7. The third kappa shape index (κ3) is 6.18. The smallest absolute Gasteiger partial charge is 0.257 e. The first-order valence-electron chi connectivity index (χ1n) is 12.9. The molecule has 1 heterocycles. The van der Waals surface area contributed by atoms with Gasteiger partial charge in [-0.05, 0) is 86.4 Å². The fourth-order valence-corrected chi connectivity index (χ4v) is 7.11. The second-order valence-corrected chi connectivity index (χ2v) is 12.3. The van der Waals surface area contributed by atoms with Crippen LogP contribution in [-0.2, 0) is 0 Å². The summed E-state index contributed by atoms with van der Waals surface area (Å²) in [5, 5.41) is 3.41. The molecule has 0 spiro atoms. The molecule has 5 rings (SSSR count). The van der Waals surface area contributed by atoms with E-state index in [0.717, 1.165) is 51.4 Å². The molecule has 2 saturated carbocycles. The number of amides is 1. The fraction of sp³-hybridized carbons (Fsp3) is 0.414. The Hall–Kier alpha value is -2.84. The standard InChI is InChI=1S/C29H32N2O4S2/c1-18-14-25(34-2)22(17-32)15-26(18)36-27-16-30-29(37-27)31-28(33)21-8-12-24(13-9-21)35-23-10-6-20(7-11-23)19-4-3-5-19/h8-9,12-17,19-20,23H,3-7,10-11H2,1-2H3,(H,30,31,33). The molecule has 6 nitrogen and oxygen atoms in total. The van der Waals surface area contributed by atoms with Crippen LogP contribution >= 0.6 is 23.1 Å². The Balaban J connectivity index is 1.14. The van der Waals surface area contributed by atoms with Crippen LogP contribution in [0, 0.1) is 18.8 Å². The summed E-state index contributed by atoms with van der Waals surface area (Å²) in [5.41, 5.74) is 2.06. The van der Waals surface area contributed by atoms with Gasteiger partial charge in [-0.25, -0.2) is 4.98 Å². The summed E-state index contributed by atoms with van der Waals surface area (Å²) in [6.45, 7) is 1.97. The van der Waals surface area contributed by atoms with Crippen molar-refractivity contribution in [1.82, 2.24) is 4.98 Å². The van der Waals surface area contributed by atoms with Crippen molar-refractivity contribution in [2.75, 3.05) is 12.4 Å². The summed E-state index contributed by atoms with van der Waals surface area (Å²) >= 11 is 2.90. The molecule has 1 amide bonds. The van der Waals surface area contributed by atoms with Crippen molar-refractivity contribution in [1.29, 1.82) is 0 Å². The molecule has 3 aromatic rings. The maximum absolute atomic E-state index is 12.8. The maximum Gasteiger partial charge on any atom is 0.257 e. The maximum atomic E-state index is 12.8. The van der Waals surface area contributed by atoms with E-state index in [0.29, 0.717) is 22.0 Å². The number of aldehydes is 1. The first-order chi connectivity index (χ1) is 18.0. The summed E-state index contributed by atoms with van der Waals surface area (Å²) < 4.78 is 12.4. The van der Waals surface area contributed by atoms with E-state index < -0.39 is 0 Å². The molecular weight excluding hydrogens is 504 g/mol. The Morgan fingerprint density at radius 2 is 1.81 bits per heavy atom. The number of methoxy groups -OCH3 is 1. The van der Waals surface area contributed by atoms with Gasteiger partial charge in [0.15, 0.2) is 11.4 Å². The van der Waals surface area contributed by atoms with E-state index in [1.54, 1.807) is 25.4 Å². The van der Waals surface area contributed by atoms with Gasteiger partial charge in [0, 0.05) is 10.5 Å². The number of benzene rings is 2. The Kier molecular flexibility index (Phi) is 8.15. The number of thiazole rings is 1. The van der Waals surface area contributed by atoms with Crippen molar-refractivity contribution in [3.63, 3.8) is 0 Å². The number of aromatic nitrogens is 1. The van der Waals surface area contributed by atoms with Crippen LogP contribution in [0.1, 0.15) is 71.2 Å². The van der Waals surface area contributed by atoms with Crippen LogP contribution in [0.5, 0.6) is 11.5 Å². The summed E-state index contributed by atoms with van der Waals surface area (Å²) in [7, 11) is 1.55. The molecule has 1 N–H and O–H groups in total. The minimum absolute atomic E-state index is 0.206. The highest BCUT2D eigenvalue weighted by atomic mass is 32.2. The molecule has 37 heavy (non-hydrogen) atoms. The van der Waals surface area contributed by atoms with Gasteiger partial charge in [-0.1, -0.05) is 42.4 Å². The Morgan fingerprint density at radius 1 is 1.08 bits per heavy atom. The molecule has 2 aliphatic carbocycles. The largest absolute Gasteiger partial charge is 0.496 e. The first-order valence-corrected chi connectivity index (χ1v) is 14.5. The topological polar surface area (TPSA) is 77.5 Å². The number of hydrogen-bond donors (Lipinski definition) is 1. The highest BCUT2D eigenvalue weighted by Gasteiger charge is 2.31. The van der Waals surface area contributed by atoms with E-state index >= 15 is 0 Å². The zero-order valence-corrected chi connectivity index (χ0v) is 22.8. The lowest BCUT2D eigenvalue weighted by atomic mass is 9.70. The Labute approximate surface area is 226 Å². The number of hydrogen-bond acceptors (Lipinski definition) is 7. The number of nitrogens with zero attached hydrogens (tertiary/aromatic N) is 1. The molecule has 0 atom stereocenters. The van der Waals surface area contributed by atoms with Crippen molar-refractivity contribution < 1.29 is 19.1 Å². The molecule has 0 saturated heterocycles. The molecule has 1 aromatic heterocycles. The predicted octanol–water partition coefficient (Wildman–Crippen LogP) is 7.41. The Morgan fingerprint density at radius 3 is 2.46 bits per heavy atom. The number of aryl methyl sites for hydroxylation is 1. The lowest BCUT2D eigenvalue weighted by Gasteiger charge is -2.38. The van der Waals surface area contributed by atoms with Gasteiger partial charge in [-0.3, -0.25) is 14.9 Å². The van der Waals surface area contributed by atoms with Gasteiger partial charge in [-0.15, -0.1) is 0 Å². The summed E-state index contributed by atoms with van der Waals surface area (Å²) in [4.78, 5) is 29.5. The number of rotatable bonds is 9. The van der Waals surface area contributed by atoms with Gasteiger partial charge < -0.3 is 9.47 Å². The van der Waals surface area contributed by atoms with Crippen LogP contribution < -0.4 is 14.8 Å². The van der Waals surface area contributed by atoms with Crippen molar-refractivity contribution in [3.05, 3.63) is 59.3 Å². The minimum Gasteiger partial charge on any atom is -0.496 e. The third-order valence-corrected chi connectivity index (χ3v) is 9.70. The molecule has 2 aliphatic rings. The van der Waals surface area contributed by atoms with Gasteiger partial charge in [0.2, 0.25) is 0 Å². The van der Waals surface area contributed by atoms with Crippen molar-refractivity contribution in [2.45, 2.75) is 67.1 Å². The quantitative estimate of drug-likeness (QED) is 0.287. The summed E-state index contributed by atoms with van der Waals surface area (Å²) in [6.07, 6.45) is 11.9. The zero-order chi connectivity index (χ0) is 25.8. The average Bonchev–Trinajstić information content (AvgIpc) is 3.32. The highest BCUT2D eigenvalue weighted by Crippen LogP contribution is 2.42. The number of carbonyl (C=O) groups excluding carboxylic acids is 2. The van der Waals surface area contributed by atoms with E-state index in [4.69, 9.17) is 9.47 Å². The molecule has 0 radical (unpaired) electrons. The van der Waals surface area contributed by atoms with Gasteiger partial charge in [0.1, 0.15) is 11.5 Å². The monoisotopic (exact) mass is 536 g/mol. The predicted molar refractivity (Wildman–Crippen MR) is 147 cm³/mol. The van der Waals surface area contributed by atoms with Crippen molar-refractivity contribution >= 4 is 40.4 Å². The van der Waals surface area contributed by atoms with Crippen LogP contribution in [0.4, 0.5) is 5.13 Å². The number of anilines is 1. The summed E-state index contributed by atoms with van der Waals surface area (Å²) in [5.74, 6) is 3.04. The van der Waals surface area contributed by atoms with Gasteiger partial charge in [0.05, 0.1) is 29.2 Å². The zero-order valence-electron chi connectivity index (χ0n) is 21.2. The van der Waals surface area contributed by atoms with Crippen LogP contribution in [0.25, 0.3) is 0 Å². The molecule has 0 bridgehead atoms. The molecule has 8 heteroatoms. The van der Waals surface area contributed by atoms with Crippen LogP contribution in [0.3, 0.4) is 0 Å². The first kappa shape index (κ1) is 25.8. The minimum atomic E-state index is -0.206. The van der Waals surface area contributed by atoms with E-state index in [1.165, 1.54) is 55.2 Å². The van der Waals surface area contributed by atoms with Gasteiger partial charge >= 0.3 is 0 Å². The molecule has 0 aliphatic heterocycles. The van der Waals surface area contributed by atoms with Crippen LogP contribution in [-0.4, -0.2) is 30.4 Å². The second-order valence-electron chi connectivity index (χ2n) is 9.89. The number of carbonyl (C=O) groups is 2. The van der Waals surface area contributed by atoms with Crippen molar-refractivity contribution in [2.24, 2.45) is 11.8 Å². The number of nitrogens with one attached hydrogen (secondary N) is 1. The van der Waals surface area contributed by atoms with E-state index in [-0.39, 0.29) is 12.0 Å². The van der Waals surface area contributed by atoms with Crippen LogP contribution in [0.2, 0.25) is 0 Å². The lowest BCUT2D eigenvalue weighted by Crippen LogP contribution is -2.30. The van der Waals surface area contributed by atoms with E-state index in [2.05, 4.69) is 10.3 Å². The Bertz CT molecular complexity index is 1250. The average molecular weight is 537 g/mol. The van der Waals surface area contributed by atoms with Crippen LogP contribution in [0.15, 0.2) is 51.7 Å². The van der Waals surface area contributed by atoms with E-state index in [9.17, 15) is 9.59 Å².